The topological polar surface area (TPSA) is 225 Å². The normalized spacial score (nSPS) is 10.7. The molecular weight excluding hydrogens is 526 g/mol. The first-order valence-corrected chi connectivity index (χ1v) is 11.2. The summed E-state index contributed by atoms with van der Waals surface area (Å²) in [6.07, 6.45) is 0. The first-order chi connectivity index (χ1) is 15.5. The molecule has 0 aliphatic heterocycles. The number of para-hydroxylation sites is 1. The standard InChI is InChI=1S/2C6H6N2O4S.C6H6O.2Na/c2*9-8-7-5-1-3-6(4-2-5)13(10,11)12;7-6-4-2-1-3-5-6;;/h2*1-4H,(H,7,9)(H,10,11,12);1-5,7H;;/q;;;2*+1/p-2. The van der Waals surface area contributed by atoms with Crippen LogP contribution in [0.2, 0.25) is 0 Å². The van der Waals surface area contributed by atoms with Gasteiger partial charge in [-0.2, -0.15) is 0 Å². The van der Waals surface area contributed by atoms with E-state index < -0.39 is 20.2 Å². The molecule has 13 nitrogen and oxygen atoms in total. The Kier molecular flexibility index (Phi) is 17.6. The fourth-order valence-electron chi connectivity index (χ4n) is 1.89. The van der Waals surface area contributed by atoms with Crippen molar-refractivity contribution >= 4 is 31.6 Å². The van der Waals surface area contributed by atoms with Gasteiger partial charge in [-0.25, -0.2) is 16.8 Å². The second-order valence-corrected chi connectivity index (χ2v) is 8.37. The van der Waals surface area contributed by atoms with Crippen LogP contribution in [0.5, 0.6) is 5.75 Å². The van der Waals surface area contributed by atoms with Crippen molar-refractivity contribution < 1.29 is 101 Å². The molecule has 3 aromatic rings. The number of benzene rings is 3. The van der Waals surface area contributed by atoms with E-state index >= 15 is 0 Å². The maximum atomic E-state index is 10.4. The molecule has 0 unspecified atom stereocenters. The fraction of sp³-hybridized carbons (Fsp3) is 0. The minimum Gasteiger partial charge on any atom is -0.744 e. The third-order valence-electron chi connectivity index (χ3n) is 3.33. The first-order valence-electron chi connectivity index (χ1n) is 8.43. The van der Waals surface area contributed by atoms with Crippen molar-refractivity contribution in [1.29, 1.82) is 0 Å². The van der Waals surface area contributed by atoms with Crippen molar-refractivity contribution in [1.82, 2.24) is 0 Å². The molecule has 176 valence electrons. The van der Waals surface area contributed by atoms with Gasteiger partial charge in [0.25, 0.3) is 0 Å². The predicted molar refractivity (Wildman–Crippen MR) is 110 cm³/mol. The summed E-state index contributed by atoms with van der Waals surface area (Å²) in [6, 6.07) is 18.1. The summed E-state index contributed by atoms with van der Waals surface area (Å²) in [5.41, 5.74) is 0.518. The van der Waals surface area contributed by atoms with Crippen molar-refractivity contribution in [2.45, 2.75) is 9.79 Å². The Morgan fingerprint density at radius 1 is 0.571 bits per heavy atom. The van der Waals surface area contributed by atoms with Crippen molar-refractivity contribution in [2.75, 3.05) is 0 Å². The minimum absolute atomic E-state index is 0. The van der Waals surface area contributed by atoms with Gasteiger partial charge in [0.2, 0.25) is 0 Å². The molecule has 0 spiro atoms. The third-order valence-corrected chi connectivity index (χ3v) is 5.03. The van der Waals surface area contributed by atoms with E-state index in [9.17, 15) is 25.9 Å². The number of nitrogens with zero attached hydrogens (tertiary/aromatic N) is 4. The largest absolute Gasteiger partial charge is 1.00 e. The molecule has 0 bridgehead atoms. The molecule has 35 heavy (non-hydrogen) atoms. The molecule has 0 aromatic heterocycles. The van der Waals surface area contributed by atoms with Crippen LogP contribution in [0.1, 0.15) is 0 Å². The molecule has 0 aliphatic rings. The maximum absolute atomic E-state index is 10.4. The molecule has 0 saturated carbocycles. The van der Waals surface area contributed by atoms with Gasteiger partial charge in [-0.3, -0.25) is 0 Å². The van der Waals surface area contributed by atoms with Gasteiger partial charge < -0.3 is 24.6 Å². The molecule has 3 N–H and O–H groups in total. The Hall–Kier alpha value is -1.92. The van der Waals surface area contributed by atoms with E-state index in [1.165, 1.54) is 24.3 Å². The minimum atomic E-state index is -4.42. The summed E-state index contributed by atoms with van der Waals surface area (Å²) >= 11 is 0. The number of phenols is 1. The summed E-state index contributed by atoms with van der Waals surface area (Å²) in [6.45, 7) is 0. The molecule has 0 amide bonds. The van der Waals surface area contributed by atoms with Crippen LogP contribution < -0.4 is 59.1 Å². The second kappa shape index (κ2) is 17.5. The summed E-state index contributed by atoms with van der Waals surface area (Å²) in [4.78, 5) is -0.686. The Bertz CT molecular complexity index is 1190. The van der Waals surface area contributed by atoms with Gasteiger partial charge in [-0.15, -0.1) is 10.2 Å². The molecule has 0 radical (unpaired) electrons. The molecule has 0 atom stereocenters. The van der Waals surface area contributed by atoms with E-state index in [1.807, 2.05) is 6.07 Å². The van der Waals surface area contributed by atoms with Crippen LogP contribution in [0.3, 0.4) is 0 Å². The number of phenolic OH excluding ortho intramolecular Hbond substituents is 1. The van der Waals surface area contributed by atoms with Crippen LogP contribution in [0, 0.1) is 0 Å². The number of hydrogen-bond acceptors (Lipinski definition) is 11. The maximum Gasteiger partial charge on any atom is 1.00 e. The number of aromatic hydroxyl groups is 1. The molecular formula is C18H16N4Na2O9S2. The summed E-state index contributed by atoms with van der Waals surface area (Å²) < 4.78 is 62.7. The summed E-state index contributed by atoms with van der Waals surface area (Å²) in [7, 11) is -8.84. The molecule has 0 saturated heterocycles. The van der Waals surface area contributed by atoms with E-state index in [0.29, 0.717) is 5.75 Å². The molecule has 3 aromatic carbocycles. The zero-order valence-corrected chi connectivity index (χ0v) is 24.0. The van der Waals surface area contributed by atoms with Gasteiger partial charge >= 0.3 is 59.1 Å². The third kappa shape index (κ3) is 14.9. The van der Waals surface area contributed by atoms with Crippen LogP contribution in [-0.2, 0) is 20.2 Å². The number of rotatable bonds is 4. The van der Waals surface area contributed by atoms with Gasteiger partial charge in [0, 0.05) is 10.6 Å². The van der Waals surface area contributed by atoms with Crippen LogP contribution in [0.25, 0.3) is 0 Å². The second-order valence-electron chi connectivity index (χ2n) is 5.61. The Morgan fingerprint density at radius 3 is 1.09 bits per heavy atom. The molecule has 0 heterocycles. The van der Waals surface area contributed by atoms with Gasteiger partial charge in [0.05, 0.1) is 21.2 Å². The van der Waals surface area contributed by atoms with Gasteiger partial charge in [-0.05, 0) is 60.7 Å². The summed E-state index contributed by atoms with van der Waals surface area (Å²) in [5.74, 6) is 0.322. The average molecular weight is 542 g/mol. The zero-order chi connectivity index (χ0) is 24.9. The Balaban J connectivity index is 0. The van der Waals surface area contributed by atoms with Crippen molar-refractivity contribution in [3.63, 3.8) is 0 Å². The van der Waals surface area contributed by atoms with Crippen molar-refractivity contribution in [3.8, 4) is 5.75 Å². The van der Waals surface area contributed by atoms with Crippen LogP contribution in [0.15, 0.2) is 109 Å². The fourth-order valence-corrected chi connectivity index (χ4v) is 2.83. The Labute approximate surface area is 245 Å². The quantitative estimate of drug-likeness (QED) is 0.137. The van der Waals surface area contributed by atoms with Gasteiger partial charge in [0.15, 0.2) is 0 Å². The first kappa shape index (κ1) is 35.2. The van der Waals surface area contributed by atoms with Crippen molar-refractivity contribution in [3.05, 3.63) is 78.9 Å². The average Bonchev–Trinajstić information content (AvgIpc) is 2.75. The van der Waals surface area contributed by atoms with Gasteiger partial charge in [0.1, 0.15) is 26.0 Å². The predicted octanol–water partition coefficient (Wildman–Crippen LogP) is -2.47. The van der Waals surface area contributed by atoms with Crippen molar-refractivity contribution in [2.24, 2.45) is 20.8 Å². The molecule has 0 aliphatic carbocycles. The zero-order valence-electron chi connectivity index (χ0n) is 18.4. The monoisotopic (exact) mass is 542 g/mol. The van der Waals surface area contributed by atoms with Crippen LogP contribution >= 0.6 is 0 Å². The SMILES string of the molecule is O=S(=O)([O-])c1ccc(N=NO)cc1.O=S(=O)([O-])c1ccc(N=NO)cc1.Oc1ccccc1.[Na+].[Na+]. The Morgan fingerprint density at radius 2 is 0.886 bits per heavy atom. The van der Waals surface area contributed by atoms with Crippen LogP contribution in [-0.4, -0.2) is 41.5 Å². The summed E-state index contributed by atoms with van der Waals surface area (Å²) in [5, 5.41) is 36.1. The smallest absolute Gasteiger partial charge is 0.744 e. The number of hydrogen-bond donors (Lipinski definition) is 3. The molecule has 17 heteroatoms. The van der Waals surface area contributed by atoms with E-state index in [4.69, 9.17) is 15.5 Å². The van der Waals surface area contributed by atoms with E-state index in [2.05, 4.69) is 20.8 Å². The van der Waals surface area contributed by atoms with Gasteiger partial charge in [-0.1, -0.05) is 18.2 Å². The molecule has 0 fully saturated rings. The van der Waals surface area contributed by atoms with E-state index in [0.717, 1.165) is 24.3 Å². The van der Waals surface area contributed by atoms with E-state index in [1.54, 1.807) is 24.3 Å². The van der Waals surface area contributed by atoms with Crippen LogP contribution in [0.4, 0.5) is 11.4 Å². The van der Waals surface area contributed by atoms with E-state index in [-0.39, 0.29) is 80.3 Å². The molecule has 3 rings (SSSR count).